The predicted molar refractivity (Wildman–Crippen MR) is 80.3 cm³/mol. The van der Waals surface area contributed by atoms with Crippen LogP contribution in [-0.2, 0) is 13.1 Å². The Bertz CT molecular complexity index is 814. The minimum atomic E-state index is -0.193. The van der Waals surface area contributed by atoms with Gasteiger partial charge in [-0.2, -0.15) is 0 Å². The average molecular weight is 299 g/mol. The van der Waals surface area contributed by atoms with Crippen LogP contribution in [0, 0.1) is 13.8 Å². The Balaban J connectivity index is 1.74. The summed E-state index contributed by atoms with van der Waals surface area (Å²) >= 11 is 0. The van der Waals surface area contributed by atoms with Gasteiger partial charge in [0, 0.05) is 12.1 Å². The van der Waals surface area contributed by atoms with Crippen LogP contribution < -0.4 is 5.32 Å². The minimum Gasteiger partial charge on any atom is -0.444 e. The molecule has 0 saturated heterocycles. The fourth-order valence-corrected chi connectivity index (χ4v) is 2.22. The molecule has 0 spiro atoms. The third-order valence-electron chi connectivity index (χ3n) is 3.55. The van der Waals surface area contributed by atoms with Gasteiger partial charge in [0.25, 0.3) is 5.91 Å². The number of benzene rings is 1. The lowest BCUT2D eigenvalue weighted by molar-refractivity contribution is 0.0947. The Morgan fingerprint density at radius 3 is 2.86 bits per heavy atom. The molecule has 0 fully saturated rings. The summed E-state index contributed by atoms with van der Waals surface area (Å²) in [6.45, 7) is 6.71. The van der Waals surface area contributed by atoms with Crippen LogP contribution in [0.3, 0.4) is 0 Å². The second-order valence-corrected chi connectivity index (χ2v) is 5.04. The second kappa shape index (κ2) is 5.59. The minimum absolute atomic E-state index is 0.193. The van der Waals surface area contributed by atoms with Crippen molar-refractivity contribution < 1.29 is 9.21 Å². The summed E-state index contributed by atoms with van der Waals surface area (Å²) in [6.07, 6.45) is 0. The van der Waals surface area contributed by atoms with Gasteiger partial charge in [-0.25, -0.2) is 9.67 Å². The van der Waals surface area contributed by atoms with Gasteiger partial charge in [-0.05, 0) is 39.0 Å². The standard InChI is InChI=1S/C15H17N5O2/c1-4-20-13-6-5-11(7-12(13)18-19-20)15(21)16-8-14-17-9(2)10(3)22-14/h5-7H,4,8H2,1-3H3,(H,16,21). The van der Waals surface area contributed by atoms with Crippen molar-refractivity contribution >= 4 is 16.9 Å². The molecule has 0 saturated carbocycles. The van der Waals surface area contributed by atoms with Gasteiger partial charge in [-0.15, -0.1) is 5.10 Å². The molecule has 0 aliphatic rings. The molecular weight excluding hydrogens is 282 g/mol. The second-order valence-electron chi connectivity index (χ2n) is 5.04. The largest absolute Gasteiger partial charge is 0.444 e. The van der Waals surface area contributed by atoms with Crippen molar-refractivity contribution in [2.45, 2.75) is 33.9 Å². The van der Waals surface area contributed by atoms with Gasteiger partial charge in [0.05, 0.1) is 17.8 Å². The molecule has 1 N–H and O–H groups in total. The molecule has 3 aromatic rings. The molecule has 114 valence electrons. The molecule has 3 rings (SSSR count). The van der Waals surface area contributed by atoms with E-state index in [9.17, 15) is 4.79 Å². The maximum Gasteiger partial charge on any atom is 0.251 e. The number of aromatic nitrogens is 4. The summed E-state index contributed by atoms with van der Waals surface area (Å²) in [6, 6.07) is 5.35. The van der Waals surface area contributed by atoms with Crippen molar-refractivity contribution in [3.05, 3.63) is 41.1 Å². The molecule has 2 aromatic heterocycles. The summed E-state index contributed by atoms with van der Waals surface area (Å²) in [5.41, 5.74) is 2.99. The number of hydrogen-bond donors (Lipinski definition) is 1. The maximum atomic E-state index is 12.2. The third kappa shape index (κ3) is 2.57. The lowest BCUT2D eigenvalue weighted by Gasteiger charge is -2.03. The Hall–Kier alpha value is -2.70. The third-order valence-corrected chi connectivity index (χ3v) is 3.55. The van der Waals surface area contributed by atoms with Crippen LogP contribution in [0.4, 0.5) is 0 Å². The van der Waals surface area contributed by atoms with Crippen LogP contribution in [-0.4, -0.2) is 25.9 Å². The van der Waals surface area contributed by atoms with Crippen LogP contribution >= 0.6 is 0 Å². The number of oxazole rings is 1. The number of hydrogen-bond acceptors (Lipinski definition) is 5. The Morgan fingerprint density at radius 1 is 1.36 bits per heavy atom. The van der Waals surface area contributed by atoms with Gasteiger partial charge in [0.15, 0.2) is 0 Å². The van der Waals surface area contributed by atoms with E-state index in [0.29, 0.717) is 17.0 Å². The number of fused-ring (bicyclic) bond motifs is 1. The molecule has 7 heteroatoms. The van der Waals surface area contributed by atoms with E-state index in [1.807, 2.05) is 26.8 Å². The summed E-state index contributed by atoms with van der Waals surface area (Å²) in [4.78, 5) is 16.4. The number of amides is 1. The highest BCUT2D eigenvalue weighted by Gasteiger charge is 2.11. The van der Waals surface area contributed by atoms with E-state index < -0.39 is 0 Å². The average Bonchev–Trinajstić information content (AvgIpc) is 3.07. The molecule has 0 aliphatic carbocycles. The molecule has 1 amide bonds. The van der Waals surface area contributed by atoms with Crippen LogP contribution in [0.15, 0.2) is 22.6 Å². The highest BCUT2D eigenvalue weighted by Crippen LogP contribution is 2.14. The summed E-state index contributed by atoms with van der Waals surface area (Å²) in [5.74, 6) is 1.07. The molecule has 22 heavy (non-hydrogen) atoms. The first-order valence-corrected chi connectivity index (χ1v) is 7.13. The predicted octanol–water partition coefficient (Wildman–Crippen LogP) is 1.99. The topological polar surface area (TPSA) is 85.8 Å². The summed E-state index contributed by atoms with van der Waals surface area (Å²) in [7, 11) is 0. The van der Waals surface area contributed by atoms with Crippen molar-refractivity contribution in [1.29, 1.82) is 0 Å². The zero-order valence-corrected chi connectivity index (χ0v) is 12.8. The number of nitrogens with one attached hydrogen (secondary N) is 1. The zero-order chi connectivity index (χ0) is 15.7. The number of nitrogens with zero attached hydrogens (tertiary/aromatic N) is 4. The smallest absolute Gasteiger partial charge is 0.251 e. The van der Waals surface area contributed by atoms with Crippen molar-refractivity contribution in [1.82, 2.24) is 25.3 Å². The highest BCUT2D eigenvalue weighted by molar-refractivity contribution is 5.97. The first-order valence-electron chi connectivity index (χ1n) is 7.13. The Morgan fingerprint density at radius 2 is 2.18 bits per heavy atom. The number of rotatable bonds is 4. The number of carbonyl (C=O) groups is 1. The first-order chi connectivity index (χ1) is 10.6. The van der Waals surface area contributed by atoms with Crippen LogP contribution in [0.2, 0.25) is 0 Å². The maximum absolute atomic E-state index is 12.2. The SMILES string of the molecule is CCn1nnc2cc(C(=O)NCc3nc(C)c(C)o3)ccc21. The van der Waals surface area contributed by atoms with E-state index in [0.717, 1.165) is 23.5 Å². The van der Waals surface area contributed by atoms with Crippen LogP contribution in [0.1, 0.15) is 34.6 Å². The van der Waals surface area contributed by atoms with E-state index in [4.69, 9.17) is 4.42 Å². The molecule has 0 bridgehead atoms. The molecule has 0 radical (unpaired) electrons. The molecule has 1 aromatic carbocycles. The van der Waals surface area contributed by atoms with Crippen molar-refractivity contribution in [3.63, 3.8) is 0 Å². The first kappa shape index (κ1) is 14.2. The normalized spacial score (nSPS) is 11.0. The fraction of sp³-hybridized carbons (Fsp3) is 0.333. The van der Waals surface area contributed by atoms with Crippen molar-refractivity contribution in [3.8, 4) is 0 Å². The van der Waals surface area contributed by atoms with E-state index in [-0.39, 0.29) is 12.5 Å². The molecule has 2 heterocycles. The van der Waals surface area contributed by atoms with E-state index in [1.54, 1.807) is 16.8 Å². The van der Waals surface area contributed by atoms with Gasteiger partial charge in [0.2, 0.25) is 5.89 Å². The van der Waals surface area contributed by atoms with Gasteiger partial charge < -0.3 is 9.73 Å². The Labute approximate surface area is 127 Å². The molecule has 0 atom stereocenters. The highest BCUT2D eigenvalue weighted by atomic mass is 16.4. The molecule has 7 nitrogen and oxygen atoms in total. The van der Waals surface area contributed by atoms with Crippen molar-refractivity contribution in [2.24, 2.45) is 0 Å². The lowest BCUT2D eigenvalue weighted by Crippen LogP contribution is -2.22. The number of aryl methyl sites for hydroxylation is 3. The van der Waals surface area contributed by atoms with Crippen LogP contribution in [0.5, 0.6) is 0 Å². The van der Waals surface area contributed by atoms with Gasteiger partial charge >= 0.3 is 0 Å². The van der Waals surface area contributed by atoms with E-state index >= 15 is 0 Å². The lowest BCUT2D eigenvalue weighted by atomic mass is 10.2. The van der Waals surface area contributed by atoms with E-state index in [2.05, 4.69) is 20.6 Å². The fourth-order valence-electron chi connectivity index (χ4n) is 2.22. The van der Waals surface area contributed by atoms with Crippen molar-refractivity contribution in [2.75, 3.05) is 0 Å². The summed E-state index contributed by atoms with van der Waals surface area (Å²) < 4.78 is 7.22. The monoisotopic (exact) mass is 299 g/mol. The van der Waals surface area contributed by atoms with Gasteiger partial charge in [-0.1, -0.05) is 5.21 Å². The Kier molecular flexibility index (Phi) is 3.62. The van der Waals surface area contributed by atoms with Gasteiger partial charge in [-0.3, -0.25) is 4.79 Å². The van der Waals surface area contributed by atoms with Crippen LogP contribution in [0.25, 0.3) is 11.0 Å². The summed E-state index contributed by atoms with van der Waals surface area (Å²) in [5, 5.41) is 10.9. The molecule has 0 aliphatic heterocycles. The quantitative estimate of drug-likeness (QED) is 0.796. The number of carbonyl (C=O) groups excluding carboxylic acids is 1. The molecule has 0 unspecified atom stereocenters. The van der Waals surface area contributed by atoms with Gasteiger partial charge in [0.1, 0.15) is 11.3 Å². The zero-order valence-electron chi connectivity index (χ0n) is 12.8. The van der Waals surface area contributed by atoms with E-state index in [1.165, 1.54) is 0 Å². The molecular formula is C15H17N5O2.